The number of rotatable bonds is 5. The lowest BCUT2D eigenvalue weighted by atomic mass is 9.60. The Morgan fingerprint density at radius 2 is 1.93 bits per heavy atom. The van der Waals surface area contributed by atoms with E-state index in [0.717, 1.165) is 18.8 Å². The molecule has 6 nitrogen and oxygen atoms in total. The number of carbonyl (C=O) groups is 2. The van der Waals surface area contributed by atoms with Crippen LogP contribution in [0.5, 0.6) is 11.5 Å². The van der Waals surface area contributed by atoms with Crippen molar-refractivity contribution in [3.05, 3.63) is 18.0 Å². The second-order valence-corrected chi connectivity index (χ2v) is 9.13. The minimum Gasteiger partial charge on any atom is -0.493 e. The third kappa shape index (κ3) is 4.42. The molecule has 27 heavy (non-hydrogen) atoms. The quantitative estimate of drug-likeness (QED) is 0.795. The van der Waals surface area contributed by atoms with Gasteiger partial charge in [-0.25, -0.2) is 4.98 Å². The lowest BCUT2D eigenvalue weighted by Gasteiger charge is -2.47. The van der Waals surface area contributed by atoms with E-state index in [1.807, 2.05) is 0 Å². The van der Waals surface area contributed by atoms with Crippen LogP contribution in [0, 0.1) is 16.7 Å². The van der Waals surface area contributed by atoms with Gasteiger partial charge in [-0.2, -0.15) is 0 Å². The Labute approximate surface area is 161 Å². The molecule has 1 heterocycles. The largest absolute Gasteiger partial charge is 0.493 e. The van der Waals surface area contributed by atoms with Gasteiger partial charge in [0.1, 0.15) is 0 Å². The van der Waals surface area contributed by atoms with E-state index < -0.39 is 5.97 Å². The molecule has 1 aromatic rings. The number of hydrogen-bond acceptors (Lipinski definition) is 5. The van der Waals surface area contributed by atoms with Gasteiger partial charge in [0.15, 0.2) is 11.4 Å². The van der Waals surface area contributed by atoms with E-state index in [0.29, 0.717) is 5.75 Å². The zero-order chi connectivity index (χ0) is 19.8. The minimum absolute atomic E-state index is 0.0741. The summed E-state index contributed by atoms with van der Waals surface area (Å²) >= 11 is 0. The first kappa shape index (κ1) is 19.6. The molecule has 0 aliphatic heterocycles. The van der Waals surface area contributed by atoms with Gasteiger partial charge in [0.25, 0.3) is 5.91 Å². The molecular formula is C21H30N2O4. The molecule has 3 rings (SSSR count). The van der Waals surface area contributed by atoms with E-state index in [9.17, 15) is 9.59 Å². The Kier molecular flexibility index (Phi) is 5.19. The molecule has 2 aliphatic carbocycles. The summed E-state index contributed by atoms with van der Waals surface area (Å²) < 4.78 is 10.5. The Bertz CT molecular complexity index is 742. The van der Waals surface area contributed by atoms with Gasteiger partial charge in [0.05, 0.1) is 7.11 Å². The molecule has 1 amide bonds. The summed E-state index contributed by atoms with van der Waals surface area (Å²) in [6, 6.07) is 1.65. The molecule has 2 atom stereocenters. The zero-order valence-electron chi connectivity index (χ0n) is 16.9. The highest BCUT2D eigenvalue weighted by Crippen LogP contribution is 2.57. The fourth-order valence-corrected chi connectivity index (χ4v) is 4.98. The SMILES string of the molecule is COc1ccnc(C(=O)NC2CC(C)(C)C[C@](C)(C3CC3)C2)c1OC(C)=O. The molecule has 1 unspecified atom stereocenters. The van der Waals surface area contributed by atoms with Crippen molar-refractivity contribution in [3.63, 3.8) is 0 Å². The summed E-state index contributed by atoms with van der Waals surface area (Å²) in [5.74, 6) is 0.312. The topological polar surface area (TPSA) is 77.5 Å². The fraction of sp³-hybridized carbons (Fsp3) is 0.667. The number of ether oxygens (including phenoxy) is 2. The van der Waals surface area contributed by atoms with Crippen LogP contribution in [0.25, 0.3) is 0 Å². The summed E-state index contributed by atoms with van der Waals surface area (Å²) in [5.41, 5.74) is 0.523. The molecule has 1 N–H and O–H groups in total. The highest BCUT2D eigenvalue weighted by atomic mass is 16.6. The number of amides is 1. The van der Waals surface area contributed by atoms with Crippen molar-refractivity contribution in [1.82, 2.24) is 10.3 Å². The van der Waals surface area contributed by atoms with E-state index in [2.05, 4.69) is 31.1 Å². The van der Waals surface area contributed by atoms with Crippen LogP contribution in [0.2, 0.25) is 0 Å². The van der Waals surface area contributed by atoms with E-state index >= 15 is 0 Å². The second-order valence-electron chi connectivity index (χ2n) is 9.13. The summed E-state index contributed by atoms with van der Waals surface area (Å²) in [6.07, 6.45) is 7.16. The number of pyridine rings is 1. The van der Waals surface area contributed by atoms with Crippen molar-refractivity contribution in [2.45, 2.75) is 65.8 Å². The number of carbonyl (C=O) groups excluding carboxylic acids is 2. The first-order valence-corrected chi connectivity index (χ1v) is 9.66. The molecule has 0 saturated heterocycles. The molecule has 0 bridgehead atoms. The Morgan fingerprint density at radius 3 is 2.52 bits per heavy atom. The van der Waals surface area contributed by atoms with E-state index in [4.69, 9.17) is 9.47 Å². The normalized spacial score (nSPS) is 26.9. The first-order chi connectivity index (χ1) is 12.6. The number of nitrogens with one attached hydrogen (secondary N) is 1. The summed E-state index contributed by atoms with van der Waals surface area (Å²) in [5, 5.41) is 3.15. The fourth-order valence-electron chi connectivity index (χ4n) is 4.98. The van der Waals surface area contributed by atoms with Crippen LogP contribution in [0.4, 0.5) is 0 Å². The monoisotopic (exact) mass is 374 g/mol. The van der Waals surface area contributed by atoms with Gasteiger partial charge < -0.3 is 14.8 Å². The molecule has 1 aromatic heterocycles. The van der Waals surface area contributed by atoms with Crippen molar-refractivity contribution < 1.29 is 19.1 Å². The van der Waals surface area contributed by atoms with Crippen LogP contribution in [-0.4, -0.2) is 30.0 Å². The smallest absolute Gasteiger partial charge is 0.308 e. The van der Waals surface area contributed by atoms with Crippen molar-refractivity contribution in [2.75, 3.05) is 7.11 Å². The van der Waals surface area contributed by atoms with Crippen LogP contribution in [0.15, 0.2) is 12.3 Å². The van der Waals surface area contributed by atoms with Crippen molar-refractivity contribution in [1.29, 1.82) is 0 Å². The van der Waals surface area contributed by atoms with Crippen molar-refractivity contribution in [2.24, 2.45) is 16.7 Å². The maximum atomic E-state index is 13.0. The number of nitrogens with zero attached hydrogens (tertiary/aromatic N) is 1. The van der Waals surface area contributed by atoms with Gasteiger partial charge in [0.2, 0.25) is 5.75 Å². The van der Waals surface area contributed by atoms with Gasteiger partial charge >= 0.3 is 5.97 Å². The predicted molar refractivity (Wildman–Crippen MR) is 102 cm³/mol. The number of hydrogen-bond donors (Lipinski definition) is 1. The van der Waals surface area contributed by atoms with Crippen LogP contribution in [0.1, 0.15) is 70.3 Å². The minimum atomic E-state index is -0.518. The Hall–Kier alpha value is -2.11. The van der Waals surface area contributed by atoms with Crippen molar-refractivity contribution >= 4 is 11.9 Å². The molecule has 2 fully saturated rings. The summed E-state index contributed by atoms with van der Waals surface area (Å²) in [4.78, 5) is 28.6. The molecule has 0 spiro atoms. The lowest BCUT2D eigenvalue weighted by Crippen LogP contribution is -2.47. The second kappa shape index (κ2) is 7.13. The molecule has 2 aliphatic rings. The van der Waals surface area contributed by atoms with Gasteiger partial charge in [-0.1, -0.05) is 20.8 Å². The van der Waals surface area contributed by atoms with Crippen LogP contribution < -0.4 is 14.8 Å². The van der Waals surface area contributed by atoms with Gasteiger partial charge in [0, 0.05) is 25.2 Å². The van der Waals surface area contributed by atoms with E-state index in [-0.39, 0.29) is 34.2 Å². The zero-order valence-corrected chi connectivity index (χ0v) is 16.9. The maximum absolute atomic E-state index is 13.0. The molecule has 0 radical (unpaired) electrons. The number of aromatic nitrogens is 1. The molecule has 148 valence electrons. The summed E-state index contributed by atoms with van der Waals surface area (Å²) in [7, 11) is 1.47. The predicted octanol–water partition coefficient (Wildman–Crippen LogP) is 3.74. The van der Waals surface area contributed by atoms with Gasteiger partial charge in [-0.15, -0.1) is 0 Å². The Morgan fingerprint density at radius 1 is 1.22 bits per heavy atom. The average Bonchev–Trinajstić information content (AvgIpc) is 3.37. The highest BCUT2D eigenvalue weighted by Gasteiger charge is 2.49. The highest BCUT2D eigenvalue weighted by molar-refractivity contribution is 5.96. The third-order valence-corrected chi connectivity index (χ3v) is 5.84. The third-order valence-electron chi connectivity index (χ3n) is 5.84. The van der Waals surface area contributed by atoms with E-state index in [1.165, 1.54) is 39.5 Å². The van der Waals surface area contributed by atoms with Gasteiger partial charge in [-0.05, 0) is 48.9 Å². The molecule has 0 aromatic carbocycles. The maximum Gasteiger partial charge on any atom is 0.308 e. The standard InChI is InChI=1S/C21H30N2O4/c1-13(24)27-18-16(26-5)8-9-22-17(18)19(25)23-15-10-20(2,3)12-21(4,11-15)14-6-7-14/h8-9,14-15H,6-7,10-12H2,1-5H3,(H,23,25)/t15?,21-/m1/s1. The van der Waals surface area contributed by atoms with Gasteiger partial charge in [-0.3, -0.25) is 9.59 Å². The molecule has 2 saturated carbocycles. The lowest BCUT2D eigenvalue weighted by molar-refractivity contribution is -0.132. The molecular weight excluding hydrogens is 344 g/mol. The van der Waals surface area contributed by atoms with Crippen LogP contribution >= 0.6 is 0 Å². The summed E-state index contributed by atoms with van der Waals surface area (Å²) in [6.45, 7) is 8.21. The number of methoxy groups -OCH3 is 1. The van der Waals surface area contributed by atoms with Crippen LogP contribution in [-0.2, 0) is 4.79 Å². The number of esters is 1. The van der Waals surface area contributed by atoms with Crippen LogP contribution in [0.3, 0.4) is 0 Å². The van der Waals surface area contributed by atoms with E-state index in [1.54, 1.807) is 6.07 Å². The Balaban J connectivity index is 1.81. The van der Waals surface area contributed by atoms with Crippen molar-refractivity contribution in [3.8, 4) is 11.5 Å². The average molecular weight is 374 g/mol. The first-order valence-electron chi connectivity index (χ1n) is 9.66. The molecule has 6 heteroatoms.